The molecule has 10 heteroatoms. The van der Waals surface area contributed by atoms with Crippen molar-refractivity contribution in [3.63, 3.8) is 0 Å². The van der Waals surface area contributed by atoms with Crippen molar-refractivity contribution in [1.82, 2.24) is 20.2 Å². The number of halogens is 1. The van der Waals surface area contributed by atoms with Crippen LogP contribution in [0.15, 0.2) is 29.1 Å². The van der Waals surface area contributed by atoms with Crippen molar-refractivity contribution in [3.8, 4) is 11.3 Å². The lowest BCUT2D eigenvalue weighted by atomic mass is 10.1. The van der Waals surface area contributed by atoms with Crippen LogP contribution in [0, 0.1) is 18.8 Å². The average Bonchev–Trinajstić information content (AvgIpc) is 3.51. The molecule has 1 aliphatic carbocycles. The van der Waals surface area contributed by atoms with Crippen LogP contribution in [0.25, 0.3) is 11.3 Å². The van der Waals surface area contributed by atoms with Crippen molar-refractivity contribution in [2.24, 2.45) is 11.8 Å². The number of carbonyl (C=O) groups is 3. The van der Waals surface area contributed by atoms with Crippen LogP contribution in [-0.4, -0.2) is 40.4 Å². The van der Waals surface area contributed by atoms with Crippen LogP contribution in [0.5, 0.6) is 0 Å². The monoisotopic (exact) mass is 457 g/mol. The van der Waals surface area contributed by atoms with Crippen LogP contribution in [0.1, 0.15) is 25.1 Å². The quantitative estimate of drug-likeness (QED) is 0.581. The molecule has 1 saturated carbocycles. The van der Waals surface area contributed by atoms with Crippen LogP contribution in [0.4, 0.5) is 5.69 Å². The molecule has 0 spiro atoms. The summed E-state index contributed by atoms with van der Waals surface area (Å²) >= 11 is 6.11. The Labute approximate surface area is 189 Å². The topological polar surface area (TPSA) is 122 Å². The second-order valence-corrected chi connectivity index (χ2v) is 8.68. The fraction of sp³-hybridized carbons (Fsp3) is 0.409. The normalized spacial score (nSPS) is 17.7. The number of nitrogens with zero attached hydrogens (tertiary/aromatic N) is 2. The third-order valence-corrected chi connectivity index (χ3v) is 5.85. The van der Waals surface area contributed by atoms with Crippen LogP contribution < -0.4 is 21.5 Å². The average molecular weight is 458 g/mol. The largest absolute Gasteiger partial charge is 0.356 e. The predicted molar refractivity (Wildman–Crippen MR) is 119 cm³/mol. The number of anilines is 1. The molecule has 1 atom stereocenters. The van der Waals surface area contributed by atoms with Gasteiger partial charge >= 0.3 is 0 Å². The third kappa shape index (κ3) is 5.16. The number of benzene rings is 1. The van der Waals surface area contributed by atoms with E-state index >= 15 is 0 Å². The van der Waals surface area contributed by atoms with E-state index in [-0.39, 0.29) is 41.7 Å². The van der Waals surface area contributed by atoms with Gasteiger partial charge in [-0.15, -0.1) is 0 Å². The Morgan fingerprint density at radius 1 is 1.25 bits per heavy atom. The van der Waals surface area contributed by atoms with E-state index in [2.05, 4.69) is 20.9 Å². The molecule has 0 radical (unpaired) electrons. The minimum atomic E-state index is -0.380. The molecule has 2 aromatic rings. The summed E-state index contributed by atoms with van der Waals surface area (Å²) in [5.74, 6) is 0.0169. The maximum absolute atomic E-state index is 12.8. The molecule has 3 N–H and O–H groups in total. The van der Waals surface area contributed by atoms with E-state index in [4.69, 9.17) is 11.6 Å². The second kappa shape index (κ2) is 9.12. The van der Waals surface area contributed by atoms with E-state index < -0.39 is 0 Å². The number of carbonyl (C=O) groups excluding carboxylic acids is 3. The summed E-state index contributed by atoms with van der Waals surface area (Å²) in [5.41, 5.74) is 1.09. The summed E-state index contributed by atoms with van der Waals surface area (Å²) in [5, 5.41) is 8.83. The fourth-order valence-electron chi connectivity index (χ4n) is 3.64. The molecule has 1 aromatic carbocycles. The van der Waals surface area contributed by atoms with Gasteiger partial charge in [0.2, 0.25) is 17.7 Å². The Kier molecular flexibility index (Phi) is 6.27. The number of aryl methyl sites for hydroxylation is 1. The zero-order valence-electron chi connectivity index (χ0n) is 17.6. The van der Waals surface area contributed by atoms with Crippen molar-refractivity contribution in [1.29, 1.82) is 0 Å². The van der Waals surface area contributed by atoms with Crippen LogP contribution in [0.3, 0.4) is 0 Å². The molecule has 1 aliphatic heterocycles. The van der Waals surface area contributed by atoms with Crippen molar-refractivity contribution < 1.29 is 14.4 Å². The minimum Gasteiger partial charge on any atom is -0.356 e. The van der Waals surface area contributed by atoms with Crippen LogP contribution >= 0.6 is 11.6 Å². The minimum absolute atomic E-state index is 0.0150. The number of nitrogens with one attached hydrogen (secondary N) is 3. The summed E-state index contributed by atoms with van der Waals surface area (Å²) in [4.78, 5) is 53.1. The summed E-state index contributed by atoms with van der Waals surface area (Å²) < 4.78 is 1.29. The maximum atomic E-state index is 12.8. The summed E-state index contributed by atoms with van der Waals surface area (Å²) in [6, 6.07) is 6.36. The first-order chi connectivity index (χ1) is 15.3. The van der Waals surface area contributed by atoms with Crippen LogP contribution in [-0.2, 0) is 20.9 Å². The van der Waals surface area contributed by atoms with Gasteiger partial charge in [-0.05, 0) is 38.0 Å². The van der Waals surface area contributed by atoms with E-state index in [1.54, 1.807) is 25.1 Å². The van der Waals surface area contributed by atoms with Gasteiger partial charge < -0.3 is 16.0 Å². The maximum Gasteiger partial charge on any atom is 0.254 e. The van der Waals surface area contributed by atoms with E-state index in [1.165, 1.54) is 10.6 Å². The Balaban J connectivity index is 1.50. The molecular weight excluding hydrogens is 434 g/mol. The number of hydrogen-bond acceptors (Lipinski definition) is 5. The molecule has 2 fully saturated rings. The van der Waals surface area contributed by atoms with Gasteiger partial charge in [0.05, 0.1) is 11.4 Å². The van der Waals surface area contributed by atoms with E-state index in [1.807, 2.05) is 0 Å². The smallest absolute Gasteiger partial charge is 0.254 e. The van der Waals surface area contributed by atoms with Gasteiger partial charge in [0.1, 0.15) is 12.4 Å². The van der Waals surface area contributed by atoms with Crippen LogP contribution in [0.2, 0.25) is 5.02 Å². The first-order valence-electron chi connectivity index (χ1n) is 10.5. The third-order valence-electron chi connectivity index (χ3n) is 5.61. The SMILES string of the molecule is Cc1nc(-c2ccc(Cl)cc2NC(=O)C2CC2)cc(=O)n1CC(=O)NCC1CNC(=O)C1. The summed E-state index contributed by atoms with van der Waals surface area (Å²) in [7, 11) is 0. The molecule has 2 aliphatic rings. The van der Waals surface area contributed by atoms with Gasteiger partial charge in [0.25, 0.3) is 5.56 Å². The van der Waals surface area contributed by atoms with Crippen molar-refractivity contribution >= 4 is 35.0 Å². The van der Waals surface area contributed by atoms with Gasteiger partial charge in [0.15, 0.2) is 0 Å². The van der Waals surface area contributed by atoms with E-state index in [0.717, 1.165) is 12.8 Å². The Morgan fingerprint density at radius 2 is 2.03 bits per heavy atom. The van der Waals surface area contributed by atoms with Crippen molar-refractivity contribution in [3.05, 3.63) is 45.5 Å². The Morgan fingerprint density at radius 3 is 2.69 bits per heavy atom. The molecule has 1 unspecified atom stereocenters. The predicted octanol–water partition coefficient (Wildman–Crippen LogP) is 1.47. The van der Waals surface area contributed by atoms with Gasteiger partial charge in [0, 0.05) is 48.0 Å². The molecule has 3 amide bonds. The van der Waals surface area contributed by atoms with Gasteiger partial charge in [-0.1, -0.05) is 11.6 Å². The standard InChI is InChI=1S/C22H24ClN5O4/c1-12-26-18(16-5-4-15(23)7-17(16)27-22(32)14-2-3-14)8-21(31)28(12)11-20(30)25-10-13-6-19(29)24-9-13/h4-5,7-8,13-14H,2-3,6,9-11H2,1H3,(H,24,29)(H,25,30)(H,27,32). The molecular formula is C22H24ClN5O4. The number of aromatic nitrogens is 2. The lowest BCUT2D eigenvalue weighted by Gasteiger charge is -2.15. The number of rotatable bonds is 7. The summed E-state index contributed by atoms with van der Waals surface area (Å²) in [6.07, 6.45) is 2.12. The van der Waals surface area contributed by atoms with Crippen molar-refractivity contribution in [2.45, 2.75) is 32.7 Å². The highest BCUT2D eigenvalue weighted by Crippen LogP contribution is 2.33. The lowest BCUT2D eigenvalue weighted by Crippen LogP contribution is -2.36. The first-order valence-corrected chi connectivity index (χ1v) is 10.9. The molecule has 0 bridgehead atoms. The molecule has 168 valence electrons. The Hall–Kier alpha value is -3.20. The first kappa shape index (κ1) is 22.0. The number of hydrogen-bond donors (Lipinski definition) is 3. The second-order valence-electron chi connectivity index (χ2n) is 8.24. The molecule has 32 heavy (non-hydrogen) atoms. The molecule has 4 rings (SSSR count). The molecule has 1 aromatic heterocycles. The van der Waals surface area contributed by atoms with E-state index in [9.17, 15) is 19.2 Å². The molecule has 9 nitrogen and oxygen atoms in total. The highest BCUT2D eigenvalue weighted by Gasteiger charge is 2.30. The molecule has 1 saturated heterocycles. The van der Waals surface area contributed by atoms with Gasteiger partial charge in [-0.25, -0.2) is 4.98 Å². The Bertz CT molecular complexity index is 1140. The molecule has 2 heterocycles. The zero-order chi connectivity index (χ0) is 22.8. The summed E-state index contributed by atoms with van der Waals surface area (Å²) in [6.45, 7) is 2.38. The fourth-order valence-corrected chi connectivity index (χ4v) is 3.81. The van der Waals surface area contributed by atoms with Gasteiger partial charge in [-0.2, -0.15) is 0 Å². The van der Waals surface area contributed by atoms with E-state index in [0.29, 0.717) is 47.3 Å². The lowest BCUT2D eigenvalue weighted by molar-refractivity contribution is -0.122. The van der Waals surface area contributed by atoms with Crippen molar-refractivity contribution in [2.75, 3.05) is 18.4 Å². The highest BCUT2D eigenvalue weighted by molar-refractivity contribution is 6.31. The highest BCUT2D eigenvalue weighted by atomic mass is 35.5. The van der Waals surface area contributed by atoms with Gasteiger partial charge in [-0.3, -0.25) is 23.7 Å². The zero-order valence-corrected chi connectivity index (χ0v) is 18.4. The number of amides is 3.